The normalized spacial score (nSPS) is 14.1. The van der Waals surface area contributed by atoms with Gasteiger partial charge in [-0.1, -0.05) is 24.3 Å². The van der Waals surface area contributed by atoms with Crippen molar-refractivity contribution in [2.24, 2.45) is 5.73 Å². The fourth-order valence-corrected chi connectivity index (χ4v) is 3.17. The Morgan fingerprint density at radius 3 is 1.72 bits per heavy atom. The summed E-state index contributed by atoms with van der Waals surface area (Å²) in [5.41, 5.74) is 6.79. The molecule has 0 aliphatic carbocycles. The Kier molecular flexibility index (Phi) is 10.2. The number of hydrogen-bond acceptors (Lipinski definition) is 8. The van der Waals surface area contributed by atoms with Gasteiger partial charge in [-0.15, -0.1) is 0 Å². The molecule has 0 radical (unpaired) electrons. The van der Waals surface area contributed by atoms with Crippen LogP contribution in [0.2, 0.25) is 0 Å². The van der Waals surface area contributed by atoms with Crippen molar-refractivity contribution in [2.45, 2.75) is 44.0 Å². The number of carbonyl (C=O) groups excluding carboxylic acids is 3. The number of aliphatic hydroxyl groups excluding tert-OH is 1. The van der Waals surface area contributed by atoms with E-state index >= 15 is 0 Å². The van der Waals surface area contributed by atoms with Crippen molar-refractivity contribution in [3.8, 4) is 11.5 Å². The fourth-order valence-electron chi connectivity index (χ4n) is 3.17. The van der Waals surface area contributed by atoms with E-state index in [-0.39, 0.29) is 24.3 Å². The number of benzene rings is 2. The molecule has 12 nitrogen and oxygen atoms in total. The van der Waals surface area contributed by atoms with Crippen molar-refractivity contribution < 1.29 is 39.6 Å². The van der Waals surface area contributed by atoms with Crippen LogP contribution in [0.4, 0.5) is 0 Å². The van der Waals surface area contributed by atoms with Gasteiger partial charge in [0.15, 0.2) is 0 Å². The van der Waals surface area contributed by atoms with Gasteiger partial charge < -0.3 is 42.1 Å². The molecule has 3 amide bonds. The van der Waals surface area contributed by atoms with E-state index in [1.54, 1.807) is 12.1 Å². The first-order valence-electron chi connectivity index (χ1n) is 11.1. The monoisotopic (exact) mass is 502 g/mol. The van der Waals surface area contributed by atoms with Crippen LogP contribution >= 0.6 is 0 Å². The number of carboxylic acid groups (broad SMARTS) is 1. The molecule has 0 fully saturated rings. The zero-order valence-corrected chi connectivity index (χ0v) is 19.5. The van der Waals surface area contributed by atoms with Gasteiger partial charge in [0.05, 0.1) is 12.6 Å². The smallest absolute Gasteiger partial charge is 0.326 e. The SMILES string of the molecule is CC(O)C(N)C(=O)NC(Cc1ccc(O)cc1)C(=O)NCC(=O)NC(Cc1ccc(O)cc1)C(=O)O. The van der Waals surface area contributed by atoms with Gasteiger partial charge in [0.25, 0.3) is 0 Å². The van der Waals surface area contributed by atoms with Gasteiger partial charge in [-0.3, -0.25) is 14.4 Å². The van der Waals surface area contributed by atoms with Crippen LogP contribution < -0.4 is 21.7 Å². The second-order valence-corrected chi connectivity index (χ2v) is 8.24. The number of phenols is 2. The molecule has 0 bridgehead atoms. The summed E-state index contributed by atoms with van der Waals surface area (Å²) in [6.45, 7) is 0.753. The third kappa shape index (κ3) is 8.89. The maximum Gasteiger partial charge on any atom is 0.326 e. The van der Waals surface area contributed by atoms with Crippen LogP contribution in [0, 0.1) is 0 Å². The average molecular weight is 503 g/mol. The number of aromatic hydroxyl groups is 2. The highest BCUT2D eigenvalue weighted by molar-refractivity contribution is 5.93. The third-order valence-electron chi connectivity index (χ3n) is 5.26. The topological polar surface area (TPSA) is 211 Å². The molecule has 4 atom stereocenters. The highest BCUT2D eigenvalue weighted by Crippen LogP contribution is 2.13. The number of hydrogen-bond donors (Lipinski definition) is 8. The van der Waals surface area contributed by atoms with E-state index in [0.717, 1.165) is 0 Å². The Labute approximate surface area is 207 Å². The first-order chi connectivity index (χ1) is 17.0. The molecular formula is C24H30N4O8. The number of amides is 3. The molecule has 4 unspecified atom stereocenters. The third-order valence-corrected chi connectivity index (χ3v) is 5.26. The molecule has 0 spiro atoms. The van der Waals surface area contributed by atoms with E-state index in [2.05, 4.69) is 16.0 Å². The molecule has 2 rings (SSSR count). The van der Waals surface area contributed by atoms with Crippen LogP contribution in [0.25, 0.3) is 0 Å². The molecule has 36 heavy (non-hydrogen) atoms. The molecule has 0 saturated carbocycles. The molecule has 0 aliphatic rings. The number of aliphatic carboxylic acids is 1. The van der Waals surface area contributed by atoms with Crippen molar-refractivity contribution in [1.29, 1.82) is 0 Å². The summed E-state index contributed by atoms with van der Waals surface area (Å²) >= 11 is 0. The van der Waals surface area contributed by atoms with Crippen LogP contribution in [0.15, 0.2) is 48.5 Å². The Hall–Kier alpha value is -4.16. The number of carboxylic acids is 1. The molecule has 0 aromatic heterocycles. The lowest BCUT2D eigenvalue weighted by atomic mass is 10.0. The van der Waals surface area contributed by atoms with Gasteiger partial charge in [0.1, 0.15) is 29.6 Å². The highest BCUT2D eigenvalue weighted by Gasteiger charge is 2.27. The van der Waals surface area contributed by atoms with E-state index < -0.39 is 54.5 Å². The molecule has 0 saturated heterocycles. The van der Waals surface area contributed by atoms with Crippen LogP contribution in [0.1, 0.15) is 18.1 Å². The second kappa shape index (κ2) is 13.1. The minimum absolute atomic E-state index is 0.00932. The van der Waals surface area contributed by atoms with Crippen molar-refractivity contribution in [3.05, 3.63) is 59.7 Å². The number of phenolic OH excluding ortho intramolecular Hbond substituents is 2. The highest BCUT2D eigenvalue weighted by atomic mass is 16.4. The van der Waals surface area contributed by atoms with E-state index in [1.807, 2.05) is 0 Å². The van der Waals surface area contributed by atoms with Gasteiger partial charge in [-0.05, 0) is 42.3 Å². The Bertz CT molecular complexity index is 1060. The molecule has 2 aromatic rings. The number of rotatable bonds is 12. The summed E-state index contributed by atoms with van der Waals surface area (Å²) in [6, 6.07) is 7.98. The first-order valence-corrected chi connectivity index (χ1v) is 11.1. The Morgan fingerprint density at radius 2 is 1.28 bits per heavy atom. The largest absolute Gasteiger partial charge is 0.508 e. The minimum Gasteiger partial charge on any atom is -0.508 e. The van der Waals surface area contributed by atoms with E-state index in [0.29, 0.717) is 11.1 Å². The fraction of sp³-hybridized carbons (Fsp3) is 0.333. The lowest BCUT2D eigenvalue weighted by molar-refractivity contribution is -0.141. The second-order valence-electron chi connectivity index (χ2n) is 8.24. The van der Waals surface area contributed by atoms with Crippen LogP contribution in [0.3, 0.4) is 0 Å². The standard InChI is InChI=1S/C24H30N4O8/c1-13(29)21(25)23(34)28-18(10-14-2-6-16(30)7-3-14)22(33)26-12-20(32)27-19(24(35)36)11-15-4-8-17(31)9-5-15/h2-9,13,18-19,21,29-31H,10-12,25H2,1H3,(H,26,33)(H,27,32)(H,28,34)(H,35,36). The van der Waals surface area contributed by atoms with E-state index in [4.69, 9.17) is 5.73 Å². The number of nitrogens with two attached hydrogens (primary N) is 1. The summed E-state index contributed by atoms with van der Waals surface area (Å²) < 4.78 is 0. The van der Waals surface area contributed by atoms with Gasteiger partial charge in [0, 0.05) is 12.8 Å². The quantitative estimate of drug-likeness (QED) is 0.174. The lowest BCUT2D eigenvalue weighted by Gasteiger charge is -2.22. The van der Waals surface area contributed by atoms with Crippen molar-refractivity contribution in [2.75, 3.05) is 6.54 Å². The molecule has 0 heterocycles. The van der Waals surface area contributed by atoms with Crippen LogP contribution in [0.5, 0.6) is 11.5 Å². The predicted octanol–water partition coefficient (Wildman–Crippen LogP) is -1.24. The number of aliphatic hydroxyl groups is 1. The van der Waals surface area contributed by atoms with Crippen LogP contribution in [-0.2, 0) is 32.0 Å². The number of nitrogens with one attached hydrogen (secondary N) is 3. The summed E-state index contributed by atoms with van der Waals surface area (Å²) in [5.74, 6) is -3.56. The van der Waals surface area contributed by atoms with Crippen molar-refractivity contribution >= 4 is 23.7 Å². The van der Waals surface area contributed by atoms with E-state index in [9.17, 15) is 39.6 Å². The molecular weight excluding hydrogens is 472 g/mol. The number of carbonyl (C=O) groups is 4. The first kappa shape index (κ1) is 28.1. The molecule has 2 aromatic carbocycles. The van der Waals surface area contributed by atoms with Crippen molar-refractivity contribution in [1.82, 2.24) is 16.0 Å². The molecule has 0 aliphatic heterocycles. The minimum atomic E-state index is -1.29. The Morgan fingerprint density at radius 1 is 0.806 bits per heavy atom. The van der Waals surface area contributed by atoms with Gasteiger partial charge >= 0.3 is 5.97 Å². The zero-order valence-electron chi connectivity index (χ0n) is 19.5. The molecule has 194 valence electrons. The van der Waals surface area contributed by atoms with Gasteiger partial charge in [-0.2, -0.15) is 0 Å². The Balaban J connectivity index is 2.02. The van der Waals surface area contributed by atoms with Crippen LogP contribution in [-0.4, -0.2) is 74.9 Å². The summed E-state index contributed by atoms with van der Waals surface area (Å²) in [6.07, 6.45) is -1.23. The van der Waals surface area contributed by atoms with Gasteiger partial charge in [-0.25, -0.2) is 4.79 Å². The predicted molar refractivity (Wildman–Crippen MR) is 128 cm³/mol. The van der Waals surface area contributed by atoms with E-state index in [1.165, 1.54) is 43.3 Å². The maximum absolute atomic E-state index is 12.8. The summed E-state index contributed by atoms with van der Waals surface area (Å²) in [5, 5.41) is 44.9. The maximum atomic E-state index is 12.8. The zero-order chi connectivity index (χ0) is 26.8. The molecule has 9 N–H and O–H groups in total. The van der Waals surface area contributed by atoms with Crippen molar-refractivity contribution in [3.63, 3.8) is 0 Å². The lowest BCUT2D eigenvalue weighted by Crippen LogP contribution is -2.56. The molecule has 12 heteroatoms. The average Bonchev–Trinajstić information content (AvgIpc) is 2.83. The summed E-state index contributed by atoms with van der Waals surface area (Å²) in [4.78, 5) is 49.0. The summed E-state index contributed by atoms with van der Waals surface area (Å²) in [7, 11) is 0. The van der Waals surface area contributed by atoms with Gasteiger partial charge in [0.2, 0.25) is 17.7 Å².